The number of ether oxygens (including phenoxy) is 1. The van der Waals surface area contributed by atoms with E-state index in [9.17, 15) is 14.4 Å². The van der Waals surface area contributed by atoms with E-state index in [-0.39, 0.29) is 19.2 Å². The Kier molecular flexibility index (Phi) is 6.97. The normalized spacial score (nSPS) is 15.5. The summed E-state index contributed by atoms with van der Waals surface area (Å²) in [6.45, 7) is 2.60. The third kappa shape index (κ3) is 5.03. The number of halogens is 2. The first-order chi connectivity index (χ1) is 15.8. The van der Waals surface area contributed by atoms with Crippen LogP contribution in [0.4, 0.5) is 0 Å². The number of benzene rings is 2. The van der Waals surface area contributed by atoms with E-state index in [1.807, 2.05) is 6.92 Å². The average molecular weight is 489 g/mol. The van der Waals surface area contributed by atoms with Gasteiger partial charge in [-0.05, 0) is 49.1 Å². The van der Waals surface area contributed by atoms with Crippen molar-refractivity contribution in [2.45, 2.75) is 32.4 Å². The van der Waals surface area contributed by atoms with Crippen molar-refractivity contribution in [3.05, 3.63) is 90.2 Å². The van der Waals surface area contributed by atoms with Crippen molar-refractivity contribution in [3.63, 3.8) is 0 Å². The van der Waals surface area contributed by atoms with Gasteiger partial charge in [-0.1, -0.05) is 47.5 Å². The van der Waals surface area contributed by atoms with E-state index in [2.05, 4.69) is 10.4 Å². The van der Waals surface area contributed by atoms with Crippen molar-refractivity contribution in [1.29, 1.82) is 0 Å². The van der Waals surface area contributed by atoms with E-state index in [4.69, 9.17) is 27.9 Å². The van der Waals surface area contributed by atoms with Gasteiger partial charge in [-0.2, -0.15) is 9.78 Å². The van der Waals surface area contributed by atoms with Gasteiger partial charge in [0.1, 0.15) is 0 Å². The van der Waals surface area contributed by atoms with E-state index in [1.54, 1.807) is 42.5 Å². The first kappa shape index (κ1) is 23.2. The highest BCUT2D eigenvalue weighted by molar-refractivity contribution is 6.31. The lowest BCUT2D eigenvalue weighted by Crippen LogP contribution is -2.46. The summed E-state index contributed by atoms with van der Waals surface area (Å²) < 4.78 is 7.47. The van der Waals surface area contributed by atoms with Crippen molar-refractivity contribution in [2.75, 3.05) is 13.2 Å². The number of carbonyl (C=O) groups excluding carboxylic acids is 1. The Morgan fingerprint density at radius 3 is 2.67 bits per heavy atom. The minimum absolute atomic E-state index is 0.110. The Morgan fingerprint density at radius 2 is 1.97 bits per heavy atom. The van der Waals surface area contributed by atoms with Gasteiger partial charge in [-0.15, -0.1) is 0 Å². The highest BCUT2D eigenvalue weighted by Gasteiger charge is 2.23. The molecular formula is C23H22Cl2N4O4. The second kappa shape index (κ2) is 9.91. The Bertz CT molecular complexity index is 1310. The number of amides is 1. The summed E-state index contributed by atoms with van der Waals surface area (Å²) >= 11 is 12.5. The smallest absolute Gasteiger partial charge is 0.352 e. The zero-order valence-corrected chi connectivity index (χ0v) is 19.4. The monoisotopic (exact) mass is 488 g/mol. The summed E-state index contributed by atoms with van der Waals surface area (Å²) in [5.74, 6) is -0.685. The Hall–Kier alpha value is -2.94. The predicted octanol–water partition coefficient (Wildman–Crippen LogP) is 2.97. The average Bonchev–Trinajstić information content (AvgIpc) is 3.32. The van der Waals surface area contributed by atoms with Crippen molar-refractivity contribution < 1.29 is 9.53 Å². The molecule has 1 amide bonds. The standard InChI is InChI=1S/C23H22Cl2N4O4/c1-14-8-9-16(11-19(14)25)29-23(32)28(13-15-5-2-3-7-18(15)24)22(31)20(27-29)21(30)26-12-17-6-4-10-33-17/h2-3,5,7-9,11,17H,4,6,10,12-13H2,1H3,(H,26,30)/t17-/m1/s1. The van der Waals surface area contributed by atoms with Crippen LogP contribution in [0.25, 0.3) is 5.69 Å². The van der Waals surface area contributed by atoms with Gasteiger partial charge in [-0.3, -0.25) is 14.2 Å². The summed E-state index contributed by atoms with van der Waals surface area (Å²) in [6, 6.07) is 11.8. The molecule has 33 heavy (non-hydrogen) atoms. The van der Waals surface area contributed by atoms with Gasteiger partial charge in [0.2, 0.25) is 5.69 Å². The molecular weight excluding hydrogens is 467 g/mol. The number of aromatic nitrogens is 3. The Morgan fingerprint density at radius 1 is 1.18 bits per heavy atom. The van der Waals surface area contributed by atoms with Crippen molar-refractivity contribution in [2.24, 2.45) is 0 Å². The molecule has 1 atom stereocenters. The van der Waals surface area contributed by atoms with E-state index in [1.165, 1.54) is 0 Å². The number of nitrogens with zero attached hydrogens (tertiary/aromatic N) is 3. The van der Waals surface area contributed by atoms with Crippen LogP contribution in [0.2, 0.25) is 10.0 Å². The van der Waals surface area contributed by atoms with Gasteiger partial charge in [0.15, 0.2) is 0 Å². The molecule has 0 spiro atoms. The quantitative estimate of drug-likeness (QED) is 0.575. The molecule has 10 heteroatoms. The maximum atomic E-state index is 13.3. The molecule has 2 aromatic carbocycles. The summed E-state index contributed by atoms with van der Waals surface area (Å²) in [5.41, 5.74) is -0.223. The molecule has 1 saturated heterocycles. The zero-order chi connectivity index (χ0) is 23.5. The molecule has 0 unspecified atom stereocenters. The van der Waals surface area contributed by atoms with Gasteiger partial charge < -0.3 is 10.1 Å². The molecule has 2 heterocycles. The molecule has 0 aliphatic carbocycles. The lowest BCUT2D eigenvalue weighted by Gasteiger charge is -2.14. The van der Waals surface area contributed by atoms with Crippen LogP contribution in [-0.2, 0) is 11.3 Å². The lowest BCUT2D eigenvalue weighted by molar-refractivity contribution is 0.0849. The van der Waals surface area contributed by atoms with Crippen molar-refractivity contribution in [3.8, 4) is 5.69 Å². The first-order valence-corrected chi connectivity index (χ1v) is 11.2. The molecule has 0 radical (unpaired) electrons. The Labute approximate surface area is 199 Å². The van der Waals surface area contributed by atoms with Gasteiger partial charge in [0.05, 0.1) is 18.3 Å². The number of hydrogen-bond acceptors (Lipinski definition) is 5. The lowest BCUT2D eigenvalue weighted by atomic mass is 10.2. The van der Waals surface area contributed by atoms with E-state index < -0.39 is 22.9 Å². The third-order valence-corrected chi connectivity index (χ3v) is 6.25. The summed E-state index contributed by atoms with van der Waals surface area (Å²) in [5, 5.41) is 7.63. The third-order valence-electron chi connectivity index (χ3n) is 5.48. The van der Waals surface area contributed by atoms with Gasteiger partial charge in [-0.25, -0.2) is 4.79 Å². The molecule has 3 aromatic rings. The molecule has 1 N–H and O–H groups in total. The number of aryl methyl sites for hydroxylation is 1. The summed E-state index contributed by atoms with van der Waals surface area (Å²) in [7, 11) is 0. The van der Waals surface area contributed by atoms with Crippen LogP contribution in [0.1, 0.15) is 34.5 Å². The van der Waals surface area contributed by atoms with E-state index in [0.29, 0.717) is 27.9 Å². The molecule has 1 aromatic heterocycles. The van der Waals surface area contributed by atoms with E-state index in [0.717, 1.165) is 27.7 Å². The van der Waals surface area contributed by atoms with Crippen LogP contribution in [-0.4, -0.2) is 39.5 Å². The SMILES string of the molecule is Cc1ccc(-n2nc(C(=O)NC[C@H]3CCCO3)c(=O)n(Cc3ccccc3Cl)c2=O)cc1Cl. The van der Waals surface area contributed by atoms with Crippen LogP contribution < -0.4 is 16.6 Å². The Balaban J connectivity index is 1.80. The molecule has 8 nitrogen and oxygen atoms in total. The molecule has 0 saturated carbocycles. The minimum atomic E-state index is -0.806. The van der Waals surface area contributed by atoms with Gasteiger partial charge in [0, 0.05) is 23.2 Å². The molecule has 0 bridgehead atoms. The number of carbonyl (C=O) groups is 1. The molecule has 1 fully saturated rings. The fraction of sp³-hybridized carbons (Fsp3) is 0.304. The maximum absolute atomic E-state index is 13.3. The van der Waals surface area contributed by atoms with Crippen molar-refractivity contribution >= 4 is 29.1 Å². The van der Waals surface area contributed by atoms with Crippen LogP contribution >= 0.6 is 23.2 Å². The first-order valence-electron chi connectivity index (χ1n) is 10.5. The number of rotatable bonds is 6. The highest BCUT2D eigenvalue weighted by atomic mass is 35.5. The van der Waals surface area contributed by atoms with Gasteiger partial charge >= 0.3 is 5.69 Å². The summed E-state index contributed by atoms with van der Waals surface area (Å²) in [6.07, 6.45) is 1.63. The fourth-order valence-corrected chi connectivity index (χ4v) is 3.94. The zero-order valence-electron chi connectivity index (χ0n) is 17.9. The summed E-state index contributed by atoms with van der Waals surface area (Å²) in [4.78, 5) is 39.3. The van der Waals surface area contributed by atoms with E-state index >= 15 is 0 Å². The predicted molar refractivity (Wildman–Crippen MR) is 126 cm³/mol. The number of nitrogens with one attached hydrogen (secondary N) is 1. The van der Waals surface area contributed by atoms with Crippen LogP contribution in [0, 0.1) is 6.92 Å². The highest BCUT2D eigenvalue weighted by Crippen LogP contribution is 2.19. The minimum Gasteiger partial charge on any atom is -0.376 e. The number of hydrogen-bond donors (Lipinski definition) is 1. The topological polar surface area (TPSA) is 95.2 Å². The fourth-order valence-electron chi connectivity index (χ4n) is 3.57. The second-order valence-electron chi connectivity index (χ2n) is 7.80. The maximum Gasteiger partial charge on any atom is 0.352 e. The van der Waals surface area contributed by atoms with Crippen LogP contribution in [0.15, 0.2) is 52.1 Å². The molecule has 1 aliphatic heterocycles. The van der Waals surface area contributed by atoms with Crippen molar-refractivity contribution in [1.82, 2.24) is 19.7 Å². The van der Waals surface area contributed by atoms with Crippen LogP contribution in [0.3, 0.4) is 0 Å². The molecule has 1 aliphatic rings. The van der Waals surface area contributed by atoms with Crippen LogP contribution in [0.5, 0.6) is 0 Å². The largest absolute Gasteiger partial charge is 0.376 e. The molecule has 172 valence electrons. The second-order valence-corrected chi connectivity index (χ2v) is 8.62. The molecule has 4 rings (SSSR count). The van der Waals surface area contributed by atoms with Gasteiger partial charge in [0.25, 0.3) is 11.5 Å².